The van der Waals surface area contributed by atoms with Crippen LogP contribution in [0.2, 0.25) is 10.0 Å². The van der Waals surface area contributed by atoms with Crippen molar-refractivity contribution >= 4 is 29.1 Å². The maximum absolute atomic E-state index is 12.1. The molecule has 2 rings (SSSR count). The molecule has 1 unspecified atom stereocenters. The first-order valence-corrected chi connectivity index (χ1v) is 6.23. The molecule has 0 spiro atoms. The van der Waals surface area contributed by atoms with Crippen LogP contribution in [-0.2, 0) is 0 Å². The molecule has 1 heterocycles. The minimum absolute atomic E-state index is 0.138. The van der Waals surface area contributed by atoms with Crippen molar-refractivity contribution in [3.63, 3.8) is 0 Å². The van der Waals surface area contributed by atoms with Crippen molar-refractivity contribution in [2.45, 2.75) is 18.9 Å². The number of carbonyl (C=O) groups excluding carboxylic acids is 1. The second-order valence-electron chi connectivity index (χ2n) is 4.60. The lowest BCUT2D eigenvalue weighted by atomic mass is 10.0. The van der Waals surface area contributed by atoms with Crippen LogP contribution in [-0.4, -0.2) is 24.5 Å². The molecule has 5 heteroatoms. The van der Waals surface area contributed by atoms with Crippen LogP contribution in [0.5, 0.6) is 0 Å². The fourth-order valence-corrected chi connectivity index (χ4v) is 2.48. The van der Waals surface area contributed by atoms with E-state index >= 15 is 0 Å². The Bertz CT molecular complexity index is 422. The Balaban J connectivity index is 2.14. The van der Waals surface area contributed by atoms with E-state index in [-0.39, 0.29) is 11.4 Å². The highest BCUT2D eigenvalue weighted by Gasteiger charge is 2.30. The summed E-state index contributed by atoms with van der Waals surface area (Å²) in [6.07, 6.45) is 0.924. The summed E-state index contributed by atoms with van der Waals surface area (Å²) in [5.41, 5.74) is 0.307. The van der Waals surface area contributed by atoms with Crippen LogP contribution < -0.4 is 10.6 Å². The zero-order valence-corrected chi connectivity index (χ0v) is 11.0. The molecule has 1 amide bonds. The number of carbonyl (C=O) groups is 1. The van der Waals surface area contributed by atoms with Crippen molar-refractivity contribution in [3.05, 3.63) is 33.8 Å². The number of hydrogen-bond acceptors (Lipinski definition) is 2. The maximum Gasteiger partial charge on any atom is 0.251 e. The molecule has 1 aromatic rings. The van der Waals surface area contributed by atoms with Gasteiger partial charge in [0.05, 0.1) is 5.54 Å². The summed E-state index contributed by atoms with van der Waals surface area (Å²) in [5.74, 6) is -0.138. The molecule has 1 saturated heterocycles. The van der Waals surface area contributed by atoms with Crippen LogP contribution in [0.4, 0.5) is 0 Å². The van der Waals surface area contributed by atoms with Gasteiger partial charge in [-0.05, 0) is 38.1 Å². The summed E-state index contributed by atoms with van der Waals surface area (Å²) in [4.78, 5) is 12.1. The molecular weight excluding hydrogens is 259 g/mol. The van der Waals surface area contributed by atoms with Gasteiger partial charge in [0.2, 0.25) is 0 Å². The molecule has 0 radical (unpaired) electrons. The van der Waals surface area contributed by atoms with E-state index in [0.717, 1.165) is 19.5 Å². The summed E-state index contributed by atoms with van der Waals surface area (Å²) in [7, 11) is 0. The van der Waals surface area contributed by atoms with Gasteiger partial charge < -0.3 is 10.6 Å². The molecule has 0 saturated carbocycles. The van der Waals surface area contributed by atoms with E-state index in [0.29, 0.717) is 15.6 Å². The molecule has 92 valence electrons. The van der Waals surface area contributed by atoms with Crippen LogP contribution >= 0.6 is 23.2 Å². The third-order valence-corrected chi connectivity index (χ3v) is 3.35. The molecule has 1 atom stereocenters. The first-order chi connectivity index (χ1) is 7.98. The summed E-state index contributed by atoms with van der Waals surface area (Å²) in [6.45, 7) is 3.73. The predicted octanol–water partition coefficient (Wildman–Crippen LogP) is 2.48. The van der Waals surface area contributed by atoms with E-state index in [1.165, 1.54) is 0 Å². The molecule has 1 fully saturated rings. The maximum atomic E-state index is 12.1. The average Bonchev–Trinajstić information content (AvgIpc) is 2.63. The molecule has 0 bridgehead atoms. The number of rotatable bonds is 2. The highest BCUT2D eigenvalue weighted by molar-refractivity contribution is 6.35. The van der Waals surface area contributed by atoms with Gasteiger partial charge in [0, 0.05) is 22.2 Å². The smallest absolute Gasteiger partial charge is 0.251 e. The molecule has 1 aliphatic rings. The summed E-state index contributed by atoms with van der Waals surface area (Å²) in [6, 6.07) is 4.85. The first kappa shape index (κ1) is 12.7. The number of hydrogen-bond donors (Lipinski definition) is 2. The monoisotopic (exact) mass is 272 g/mol. The topological polar surface area (TPSA) is 41.1 Å². The minimum Gasteiger partial charge on any atom is -0.346 e. The fraction of sp³-hybridized carbons (Fsp3) is 0.417. The van der Waals surface area contributed by atoms with E-state index in [9.17, 15) is 4.79 Å². The van der Waals surface area contributed by atoms with E-state index in [1.54, 1.807) is 18.2 Å². The Morgan fingerprint density at radius 2 is 2.00 bits per heavy atom. The zero-order valence-electron chi connectivity index (χ0n) is 9.52. The highest BCUT2D eigenvalue weighted by atomic mass is 35.5. The van der Waals surface area contributed by atoms with Crippen molar-refractivity contribution in [2.75, 3.05) is 13.1 Å². The molecule has 2 N–H and O–H groups in total. The Morgan fingerprint density at radius 1 is 1.35 bits per heavy atom. The van der Waals surface area contributed by atoms with Gasteiger partial charge in [-0.2, -0.15) is 0 Å². The number of benzene rings is 1. The Labute approximate surface area is 110 Å². The number of halogens is 2. The molecule has 0 aromatic heterocycles. The summed E-state index contributed by atoms with van der Waals surface area (Å²) < 4.78 is 0. The normalized spacial score (nSPS) is 23.7. The predicted molar refractivity (Wildman–Crippen MR) is 69.8 cm³/mol. The minimum atomic E-state index is -0.189. The average molecular weight is 273 g/mol. The van der Waals surface area contributed by atoms with Crippen LogP contribution in [0.1, 0.15) is 23.7 Å². The molecule has 1 aliphatic heterocycles. The number of nitrogens with one attached hydrogen (secondary N) is 2. The largest absolute Gasteiger partial charge is 0.346 e. The third-order valence-electron chi connectivity index (χ3n) is 2.91. The molecule has 0 aliphatic carbocycles. The SMILES string of the molecule is CC1(NC(=O)c2cc(Cl)cc(Cl)c2)CCNC1. The molecule has 3 nitrogen and oxygen atoms in total. The van der Waals surface area contributed by atoms with Crippen LogP contribution in [0.3, 0.4) is 0 Å². The first-order valence-electron chi connectivity index (χ1n) is 5.48. The van der Waals surface area contributed by atoms with E-state index in [4.69, 9.17) is 23.2 Å². The van der Waals surface area contributed by atoms with Crippen molar-refractivity contribution in [1.29, 1.82) is 0 Å². The van der Waals surface area contributed by atoms with Crippen molar-refractivity contribution in [3.8, 4) is 0 Å². The standard InChI is InChI=1S/C12H14Cl2N2O/c1-12(2-3-15-7-12)16-11(17)8-4-9(13)6-10(14)5-8/h4-6,15H,2-3,7H2,1H3,(H,16,17). The lowest BCUT2D eigenvalue weighted by molar-refractivity contribution is 0.0913. The second-order valence-corrected chi connectivity index (χ2v) is 5.47. The van der Waals surface area contributed by atoms with E-state index in [1.807, 2.05) is 6.92 Å². The van der Waals surface area contributed by atoms with Gasteiger partial charge in [0.15, 0.2) is 0 Å². The van der Waals surface area contributed by atoms with Crippen LogP contribution in [0.15, 0.2) is 18.2 Å². The van der Waals surface area contributed by atoms with Gasteiger partial charge in [-0.25, -0.2) is 0 Å². The second kappa shape index (κ2) is 4.84. The van der Waals surface area contributed by atoms with Gasteiger partial charge in [-0.3, -0.25) is 4.79 Å². The van der Waals surface area contributed by atoms with Crippen molar-refractivity contribution < 1.29 is 4.79 Å². The number of amides is 1. The van der Waals surface area contributed by atoms with Crippen LogP contribution in [0, 0.1) is 0 Å². The molecular formula is C12H14Cl2N2O. The molecule has 17 heavy (non-hydrogen) atoms. The van der Waals surface area contributed by atoms with Gasteiger partial charge in [0.1, 0.15) is 0 Å². The van der Waals surface area contributed by atoms with Crippen LogP contribution in [0.25, 0.3) is 0 Å². The van der Waals surface area contributed by atoms with Gasteiger partial charge in [0.25, 0.3) is 5.91 Å². The van der Waals surface area contributed by atoms with Gasteiger partial charge in [-0.1, -0.05) is 23.2 Å². The summed E-state index contributed by atoms with van der Waals surface area (Å²) in [5, 5.41) is 7.17. The third kappa shape index (κ3) is 3.12. The quantitative estimate of drug-likeness (QED) is 0.869. The van der Waals surface area contributed by atoms with E-state index < -0.39 is 0 Å². The Hall–Kier alpha value is -0.770. The van der Waals surface area contributed by atoms with Gasteiger partial charge >= 0.3 is 0 Å². The summed E-state index contributed by atoms with van der Waals surface area (Å²) >= 11 is 11.7. The van der Waals surface area contributed by atoms with E-state index in [2.05, 4.69) is 10.6 Å². The Morgan fingerprint density at radius 3 is 2.53 bits per heavy atom. The Kier molecular flexibility index (Phi) is 3.61. The molecule has 1 aromatic carbocycles. The van der Waals surface area contributed by atoms with Gasteiger partial charge in [-0.15, -0.1) is 0 Å². The lowest BCUT2D eigenvalue weighted by Crippen LogP contribution is -2.47. The fourth-order valence-electron chi connectivity index (χ4n) is 1.95. The zero-order chi connectivity index (χ0) is 12.5. The van der Waals surface area contributed by atoms with Crippen molar-refractivity contribution in [1.82, 2.24) is 10.6 Å². The van der Waals surface area contributed by atoms with Crippen molar-refractivity contribution in [2.24, 2.45) is 0 Å². The highest BCUT2D eigenvalue weighted by Crippen LogP contribution is 2.20. The lowest BCUT2D eigenvalue weighted by Gasteiger charge is -2.24.